The zero-order valence-electron chi connectivity index (χ0n) is 9.83. The molecule has 1 aromatic carbocycles. The summed E-state index contributed by atoms with van der Waals surface area (Å²) in [4.78, 5) is 10.8. The minimum absolute atomic E-state index is 0.0184. The first-order valence-electron chi connectivity index (χ1n) is 5.49. The number of nitrogens with two attached hydrogens (primary N) is 1. The van der Waals surface area contributed by atoms with Gasteiger partial charge in [0.1, 0.15) is 5.75 Å². The Labute approximate surface area is 106 Å². The molecule has 0 radical (unpaired) electrons. The Morgan fingerprint density at radius 3 is 3.00 bits per heavy atom. The van der Waals surface area contributed by atoms with Crippen molar-refractivity contribution < 1.29 is 9.53 Å². The summed E-state index contributed by atoms with van der Waals surface area (Å²) in [6.07, 6.45) is 0.718. The van der Waals surface area contributed by atoms with Gasteiger partial charge in [-0.15, -0.1) is 0 Å². The molecule has 4 nitrogen and oxygen atoms in total. The van der Waals surface area contributed by atoms with E-state index in [1.807, 2.05) is 25.1 Å². The molecule has 0 fully saturated rings. The van der Waals surface area contributed by atoms with E-state index in [4.69, 9.17) is 22.1 Å². The SMILES string of the molecule is Cc1ccc(Cl)c(OCCCNC(=O)CN)c1. The number of rotatable bonds is 6. The first kappa shape index (κ1) is 13.8. The smallest absolute Gasteiger partial charge is 0.233 e. The maximum absolute atomic E-state index is 10.8. The van der Waals surface area contributed by atoms with Crippen LogP contribution in [0, 0.1) is 6.92 Å². The van der Waals surface area contributed by atoms with E-state index in [9.17, 15) is 4.79 Å². The zero-order chi connectivity index (χ0) is 12.7. The van der Waals surface area contributed by atoms with Crippen molar-refractivity contribution in [2.24, 2.45) is 5.73 Å². The minimum Gasteiger partial charge on any atom is -0.492 e. The van der Waals surface area contributed by atoms with Crippen molar-refractivity contribution in [3.05, 3.63) is 28.8 Å². The normalized spacial score (nSPS) is 10.1. The highest BCUT2D eigenvalue weighted by Crippen LogP contribution is 2.25. The van der Waals surface area contributed by atoms with Gasteiger partial charge in [0, 0.05) is 6.54 Å². The van der Waals surface area contributed by atoms with Crippen molar-refractivity contribution in [3.63, 3.8) is 0 Å². The zero-order valence-corrected chi connectivity index (χ0v) is 10.6. The molecule has 0 aliphatic carbocycles. The fourth-order valence-corrected chi connectivity index (χ4v) is 1.45. The van der Waals surface area contributed by atoms with Crippen LogP contribution in [0.4, 0.5) is 0 Å². The van der Waals surface area contributed by atoms with E-state index in [0.29, 0.717) is 23.9 Å². The average Bonchev–Trinajstić information content (AvgIpc) is 2.32. The highest BCUT2D eigenvalue weighted by molar-refractivity contribution is 6.32. The van der Waals surface area contributed by atoms with Crippen LogP contribution < -0.4 is 15.8 Å². The molecule has 1 aromatic rings. The standard InChI is InChI=1S/C12H17ClN2O2/c1-9-3-4-10(13)11(7-9)17-6-2-5-15-12(16)8-14/h3-4,7H,2,5-6,8,14H2,1H3,(H,15,16). The lowest BCUT2D eigenvalue weighted by Crippen LogP contribution is -2.31. The van der Waals surface area contributed by atoms with Crippen LogP contribution in [-0.4, -0.2) is 25.6 Å². The molecule has 5 heteroatoms. The third kappa shape index (κ3) is 5.06. The Hall–Kier alpha value is -1.26. The summed E-state index contributed by atoms with van der Waals surface area (Å²) in [7, 11) is 0. The third-order valence-corrected chi connectivity index (χ3v) is 2.49. The molecule has 17 heavy (non-hydrogen) atoms. The molecule has 0 atom stereocenters. The molecule has 0 unspecified atom stereocenters. The van der Waals surface area contributed by atoms with Crippen molar-refractivity contribution in [2.45, 2.75) is 13.3 Å². The number of aryl methyl sites for hydroxylation is 1. The number of carbonyl (C=O) groups is 1. The molecule has 0 aliphatic rings. The monoisotopic (exact) mass is 256 g/mol. The number of hydrogen-bond donors (Lipinski definition) is 2. The Kier molecular flexibility index (Phi) is 5.80. The molecule has 0 saturated heterocycles. The summed E-state index contributed by atoms with van der Waals surface area (Å²) < 4.78 is 5.52. The van der Waals surface area contributed by atoms with Gasteiger partial charge in [-0.3, -0.25) is 4.79 Å². The van der Waals surface area contributed by atoms with Crippen molar-refractivity contribution in [3.8, 4) is 5.75 Å². The van der Waals surface area contributed by atoms with E-state index in [1.165, 1.54) is 0 Å². The summed E-state index contributed by atoms with van der Waals surface area (Å²) in [5.74, 6) is 0.524. The molecule has 0 saturated carbocycles. The van der Waals surface area contributed by atoms with Gasteiger partial charge in [-0.25, -0.2) is 0 Å². The number of benzene rings is 1. The van der Waals surface area contributed by atoms with Crippen LogP contribution in [0.5, 0.6) is 5.75 Å². The molecule has 0 spiro atoms. The second kappa shape index (κ2) is 7.14. The molecule has 0 heterocycles. The summed E-state index contributed by atoms with van der Waals surface area (Å²) in [5, 5.41) is 3.27. The number of halogens is 1. The molecule has 0 aromatic heterocycles. The topological polar surface area (TPSA) is 64.3 Å². The predicted octanol–water partition coefficient (Wildman–Crippen LogP) is 1.49. The second-order valence-corrected chi connectivity index (χ2v) is 4.10. The Balaban J connectivity index is 2.26. The minimum atomic E-state index is -0.154. The van der Waals surface area contributed by atoms with E-state index in [1.54, 1.807) is 0 Å². The van der Waals surface area contributed by atoms with Crippen LogP contribution in [0.2, 0.25) is 5.02 Å². The van der Waals surface area contributed by atoms with Crippen molar-refractivity contribution in [2.75, 3.05) is 19.7 Å². The lowest BCUT2D eigenvalue weighted by atomic mass is 10.2. The van der Waals surface area contributed by atoms with Gasteiger partial charge in [0.2, 0.25) is 5.91 Å². The van der Waals surface area contributed by atoms with Gasteiger partial charge in [0.15, 0.2) is 0 Å². The average molecular weight is 257 g/mol. The Bertz CT molecular complexity index is 383. The van der Waals surface area contributed by atoms with E-state index in [2.05, 4.69) is 5.32 Å². The highest BCUT2D eigenvalue weighted by atomic mass is 35.5. The van der Waals surface area contributed by atoms with Gasteiger partial charge in [0.25, 0.3) is 0 Å². The molecule has 94 valence electrons. The first-order valence-corrected chi connectivity index (χ1v) is 5.87. The van der Waals surface area contributed by atoms with Crippen molar-refractivity contribution in [1.29, 1.82) is 0 Å². The molecule has 3 N–H and O–H groups in total. The molecule has 1 rings (SSSR count). The van der Waals surface area contributed by atoms with E-state index >= 15 is 0 Å². The van der Waals surface area contributed by atoms with E-state index in [-0.39, 0.29) is 12.5 Å². The van der Waals surface area contributed by atoms with Crippen LogP contribution >= 0.6 is 11.6 Å². The molecule has 0 bridgehead atoms. The number of carbonyl (C=O) groups excluding carboxylic acids is 1. The van der Waals surface area contributed by atoms with Crippen molar-refractivity contribution in [1.82, 2.24) is 5.32 Å². The van der Waals surface area contributed by atoms with Gasteiger partial charge >= 0.3 is 0 Å². The van der Waals surface area contributed by atoms with Crippen LogP contribution in [-0.2, 0) is 4.79 Å². The Morgan fingerprint density at radius 2 is 2.29 bits per heavy atom. The maximum atomic E-state index is 10.8. The lowest BCUT2D eigenvalue weighted by molar-refractivity contribution is -0.119. The largest absolute Gasteiger partial charge is 0.492 e. The fourth-order valence-electron chi connectivity index (χ4n) is 1.28. The summed E-state index contributed by atoms with van der Waals surface area (Å²) in [5.41, 5.74) is 6.25. The van der Waals surface area contributed by atoms with Gasteiger partial charge in [-0.1, -0.05) is 17.7 Å². The lowest BCUT2D eigenvalue weighted by Gasteiger charge is -2.09. The van der Waals surface area contributed by atoms with Crippen LogP contribution in [0.15, 0.2) is 18.2 Å². The van der Waals surface area contributed by atoms with Gasteiger partial charge in [0.05, 0.1) is 18.2 Å². The van der Waals surface area contributed by atoms with Crippen LogP contribution in [0.3, 0.4) is 0 Å². The first-order chi connectivity index (χ1) is 8.13. The number of amides is 1. The summed E-state index contributed by atoms with van der Waals surface area (Å²) in [6, 6.07) is 5.62. The molecular weight excluding hydrogens is 240 g/mol. The van der Waals surface area contributed by atoms with Crippen LogP contribution in [0.25, 0.3) is 0 Å². The Morgan fingerprint density at radius 1 is 1.53 bits per heavy atom. The van der Waals surface area contributed by atoms with Gasteiger partial charge in [-0.05, 0) is 31.0 Å². The summed E-state index contributed by atoms with van der Waals surface area (Å²) >= 11 is 5.97. The molecule has 1 amide bonds. The molecular formula is C12H17ClN2O2. The number of nitrogens with one attached hydrogen (secondary N) is 1. The van der Waals surface area contributed by atoms with E-state index in [0.717, 1.165) is 12.0 Å². The number of hydrogen-bond acceptors (Lipinski definition) is 3. The van der Waals surface area contributed by atoms with Gasteiger partial charge in [-0.2, -0.15) is 0 Å². The third-order valence-electron chi connectivity index (χ3n) is 2.17. The fraction of sp³-hybridized carbons (Fsp3) is 0.417. The highest BCUT2D eigenvalue weighted by Gasteiger charge is 2.01. The van der Waals surface area contributed by atoms with Crippen LogP contribution in [0.1, 0.15) is 12.0 Å². The van der Waals surface area contributed by atoms with E-state index < -0.39 is 0 Å². The van der Waals surface area contributed by atoms with Gasteiger partial charge < -0.3 is 15.8 Å². The summed E-state index contributed by atoms with van der Waals surface area (Å²) in [6.45, 7) is 3.06. The number of ether oxygens (including phenoxy) is 1. The predicted molar refractivity (Wildman–Crippen MR) is 68.4 cm³/mol. The quantitative estimate of drug-likeness (QED) is 0.758. The maximum Gasteiger partial charge on any atom is 0.233 e. The molecule has 0 aliphatic heterocycles. The van der Waals surface area contributed by atoms with Crippen molar-refractivity contribution >= 4 is 17.5 Å². The second-order valence-electron chi connectivity index (χ2n) is 3.69.